The molecule has 0 spiro atoms. The van der Waals surface area contributed by atoms with E-state index in [4.69, 9.17) is 32.7 Å². The molecule has 8 nitrogen and oxygen atoms in total. The van der Waals surface area contributed by atoms with Crippen LogP contribution in [0.1, 0.15) is 10.5 Å². The third kappa shape index (κ3) is 4.01. The molecule has 0 radical (unpaired) electrons. The number of piperazine rings is 1. The third-order valence-electron chi connectivity index (χ3n) is 5.43. The van der Waals surface area contributed by atoms with E-state index in [9.17, 15) is 13.2 Å². The molecular weight excluding hydrogens is 477 g/mol. The Balaban J connectivity index is 1.53. The lowest BCUT2D eigenvalue weighted by Crippen LogP contribution is -2.50. The van der Waals surface area contributed by atoms with Crippen molar-refractivity contribution in [1.29, 1.82) is 0 Å². The molecule has 1 aliphatic rings. The second-order valence-electron chi connectivity index (χ2n) is 7.22. The number of aromatic amines is 1. The minimum Gasteiger partial charge on any atom is -0.497 e. The summed E-state index contributed by atoms with van der Waals surface area (Å²) < 4.78 is 38.2. The van der Waals surface area contributed by atoms with E-state index in [1.807, 2.05) is 0 Å². The highest BCUT2D eigenvalue weighted by atomic mass is 35.5. The molecule has 0 bridgehead atoms. The fraction of sp³-hybridized carbons (Fsp3) is 0.286. The van der Waals surface area contributed by atoms with Crippen LogP contribution in [0.2, 0.25) is 10.0 Å². The van der Waals surface area contributed by atoms with Gasteiger partial charge in [0.15, 0.2) is 0 Å². The summed E-state index contributed by atoms with van der Waals surface area (Å²) in [6.07, 6.45) is 0. The predicted molar refractivity (Wildman–Crippen MR) is 123 cm³/mol. The van der Waals surface area contributed by atoms with Gasteiger partial charge in [-0.1, -0.05) is 23.2 Å². The van der Waals surface area contributed by atoms with Crippen molar-refractivity contribution < 1.29 is 22.7 Å². The first kappa shape index (κ1) is 22.7. The fourth-order valence-corrected chi connectivity index (χ4v) is 5.74. The maximum atomic E-state index is 13.2. The Morgan fingerprint density at radius 3 is 2.38 bits per heavy atom. The minimum atomic E-state index is -3.84. The van der Waals surface area contributed by atoms with Gasteiger partial charge in [-0.05, 0) is 30.3 Å². The van der Waals surface area contributed by atoms with Crippen LogP contribution >= 0.6 is 23.2 Å². The number of nitrogens with zero attached hydrogens (tertiary/aromatic N) is 2. The minimum absolute atomic E-state index is 0.0228. The number of carbonyl (C=O) groups is 1. The lowest BCUT2D eigenvalue weighted by atomic mass is 10.2. The van der Waals surface area contributed by atoms with E-state index < -0.39 is 10.0 Å². The summed E-state index contributed by atoms with van der Waals surface area (Å²) >= 11 is 12.4. The van der Waals surface area contributed by atoms with Crippen LogP contribution in [0.4, 0.5) is 0 Å². The number of carbonyl (C=O) groups excluding carboxylic acids is 1. The van der Waals surface area contributed by atoms with Gasteiger partial charge in [0, 0.05) is 48.2 Å². The first-order valence-electron chi connectivity index (χ1n) is 9.74. The van der Waals surface area contributed by atoms with Crippen LogP contribution in [-0.2, 0) is 10.0 Å². The van der Waals surface area contributed by atoms with E-state index in [-0.39, 0.29) is 48.4 Å². The largest absolute Gasteiger partial charge is 0.497 e. The second kappa shape index (κ2) is 8.82. The number of ether oxygens (including phenoxy) is 2. The predicted octanol–water partition coefficient (Wildman–Crippen LogP) is 3.64. The van der Waals surface area contributed by atoms with Gasteiger partial charge < -0.3 is 19.4 Å². The van der Waals surface area contributed by atoms with Gasteiger partial charge >= 0.3 is 0 Å². The lowest BCUT2D eigenvalue weighted by Gasteiger charge is -2.34. The third-order valence-corrected chi connectivity index (χ3v) is 7.97. The number of aromatic nitrogens is 1. The summed E-state index contributed by atoms with van der Waals surface area (Å²) in [4.78, 5) is 17.7. The molecule has 2 aromatic carbocycles. The van der Waals surface area contributed by atoms with Crippen molar-refractivity contribution in [3.05, 3.63) is 52.1 Å². The molecule has 0 atom stereocenters. The molecule has 0 saturated carbocycles. The Bertz CT molecular complexity index is 1280. The van der Waals surface area contributed by atoms with Gasteiger partial charge in [0.1, 0.15) is 22.1 Å². The first-order chi connectivity index (χ1) is 15.3. The molecule has 0 aliphatic carbocycles. The average molecular weight is 498 g/mol. The summed E-state index contributed by atoms with van der Waals surface area (Å²) in [5.74, 6) is 0.345. The molecule has 2 heterocycles. The Morgan fingerprint density at radius 2 is 1.72 bits per heavy atom. The van der Waals surface area contributed by atoms with Gasteiger partial charge in [0.25, 0.3) is 5.91 Å². The molecule has 1 aromatic heterocycles. The molecule has 0 unspecified atom stereocenters. The Hall–Kier alpha value is -2.46. The normalized spacial score (nSPS) is 15.2. The van der Waals surface area contributed by atoms with E-state index in [1.54, 1.807) is 35.2 Å². The molecule has 1 aliphatic heterocycles. The topological polar surface area (TPSA) is 91.9 Å². The van der Waals surface area contributed by atoms with Crippen molar-refractivity contribution in [3.63, 3.8) is 0 Å². The van der Waals surface area contributed by atoms with Crippen LogP contribution < -0.4 is 9.47 Å². The van der Waals surface area contributed by atoms with Crippen molar-refractivity contribution in [2.75, 3.05) is 40.4 Å². The van der Waals surface area contributed by atoms with E-state index >= 15 is 0 Å². The number of rotatable bonds is 5. The molecule has 32 heavy (non-hydrogen) atoms. The number of H-pyrrole nitrogens is 1. The highest BCUT2D eigenvalue weighted by molar-refractivity contribution is 7.89. The van der Waals surface area contributed by atoms with Gasteiger partial charge in [-0.25, -0.2) is 8.42 Å². The van der Waals surface area contributed by atoms with Crippen LogP contribution in [0.3, 0.4) is 0 Å². The monoisotopic (exact) mass is 497 g/mol. The zero-order valence-electron chi connectivity index (χ0n) is 17.4. The van der Waals surface area contributed by atoms with Gasteiger partial charge in [0.05, 0.1) is 19.2 Å². The summed E-state index contributed by atoms with van der Waals surface area (Å²) in [6.45, 7) is 0.712. The zero-order valence-corrected chi connectivity index (χ0v) is 19.7. The number of hydrogen-bond acceptors (Lipinski definition) is 5. The van der Waals surface area contributed by atoms with Crippen molar-refractivity contribution in [3.8, 4) is 11.5 Å². The second-order valence-corrected chi connectivity index (χ2v) is 9.94. The highest BCUT2D eigenvalue weighted by Crippen LogP contribution is 2.33. The number of sulfonamides is 1. The Labute approximate surface area is 195 Å². The van der Waals surface area contributed by atoms with Crippen LogP contribution in [0, 0.1) is 0 Å². The number of methoxy groups -OCH3 is 2. The van der Waals surface area contributed by atoms with E-state index in [2.05, 4.69) is 4.98 Å². The van der Waals surface area contributed by atoms with Crippen LogP contribution in [0.15, 0.2) is 41.3 Å². The average Bonchev–Trinajstić information content (AvgIpc) is 3.13. The number of halogens is 2. The van der Waals surface area contributed by atoms with Crippen molar-refractivity contribution >= 4 is 50.0 Å². The maximum Gasteiger partial charge on any atom is 0.271 e. The first-order valence-corrected chi connectivity index (χ1v) is 11.9. The fourth-order valence-electron chi connectivity index (χ4n) is 3.69. The van der Waals surface area contributed by atoms with Crippen LogP contribution in [0.5, 0.6) is 11.5 Å². The molecule has 4 rings (SSSR count). The smallest absolute Gasteiger partial charge is 0.271 e. The molecule has 11 heteroatoms. The lowest BCUT2D eigenvalue weighted by molar-refractivity contribution is 0.0693. The summed E-state index contributed by atoms with van der Waals surface area (Å²) in [6, 6.07) is 9.77. The molecule has 1 saturated heterocycles. The van der Waals surface area contributed by atoms with Crippen LogP contribution in [-0.4, -0.2) is 68.9 Å². The summed E-state index contributed by atoms with van der Waals surface area (Å²) in [5.41, 5.74) is 0.962. The van der Waals surface area contributed by atoms with Crippen molar-refractivity contribution in [2.45, 2.75) is 4.90 Å². The van der Waals surface area contributed by atoms with E-state index in [0.717, 1.165) is 0 Å². The molecule has 1 fully saturated rings. The standard InChI is InChI=1S/C21H21Cl2N3O5S/c1-30-14-4-6-17(31-2)18(12-14)32(28,29)26-9-7-25(8-10-26)21(27)20-19(23)15-11-13(22)3-5-16(15)24-20/h3-6,11-12,24H,7-10H2,1-2H3. The van der Waals surface area contributed by atoms with Gasteiger partial charge in [-0.15, -0.1) is 0 Å². The van der Waals surface area contributed by atoms with E-state index in [1.165, 1.54) is 24.6 Å². The van der Waals surface area contributed by atoms with Crippen molar-refractivity contribution in [1.82, 2.24) is 14.2 Å². The van der Waals surface area contributed by atoms with Gasteiger partial charge in [0.2, 0.25) is 10.0 Å². The Morgan fingerprint density at radius 1 is 1.00 bits per heavy atom. The molecule has 170 valence electrons. The number of benzene rings is 2. The molecule has 3 aromatic rings. The zero-order chi connectivity index (χ0) is 23.0. The number of nitrogens with one attached hydrogen (secondary N) is 1. The quantitative estimate of drug-likeness (QED) is 0.580. The van der Waals surface area contributed by atoms with E-state index in [0.29, 0.717) is 26.7 Å². The summed E-state index contributed by atoms with van der Waals surface area (Å²) in [7, 11) is -0.967. The van der Waals surface area contributed by atoms with Gasteiger partial charge in [-0.3, -0.25) is 4.79 Å². The van der Waals surface area contributed by atoms with Crippen LogP contribution in [0.25, 0.3) is 10.9 Å². The summed E-state index contributed by atoms with van der Waals surface area (Å²) in [5, 5.41) is 1.47. The molecule has 1 N–H and O–H groups in total. The van der Waals surface area contributed by atoms with Gasteiger partial charge in [-0.2, -0.15) is 4.31 Å². The molecule has 1 amide bonds. The maximum absolute atomic E-state index is 13.2. The number of hydrogen-bond donors (Lipinski definition) is 1. The highest BCUT2D eigenvalue weighted by Gasteiger charge is 2.33. The van der Waals surface area contributed by atoms with Crippen molar-refractivity contribution in [2.24, 2.45) is 0 Å². The Kier molecular flexibility index (Phi) is 6.26. The number of fused-ring (bicyclic) bond motifs is 1. The molecular formula is C21H21Cl2N3O5S. The number of amides is 1. The SMILES string of the molecule is COc1ccc(OC)c(S(=O)(=O)N2CCN(C(=O)c3[nH]c4ccc(Cl)cc4c3Cl)CC2)c1.